The van der Waals surface area contributed by atoms with Gasteiger partial charge in [-0.2, -0.15) is 0 Å². The molecule has 0 aromatic heterocycles. The predicted molar refractivity (Wildman–Crippen MR) is 111 cm³/mol. The van der Waals surface area contributed by atoms with Crippen molar-refractivity contribution in [1.29, 1.82) is 0 Å². The molecule has 28 heavy (non-hydrogen) atoms. The lowest BCUT2D eigenvalue weighted by atomic mass is 9.90. The molecule has 3 rings (SSSR count). The summed E-state index contributed by atoms with van der Waals surface area (Å²) in [5.41, 5.74) is 1.54. The van der Waals surface area contributed by atoms with Gasteiger partial charge in [0.1, 0.15) is 5.60 Å². The minimum atomic E-state index is -0.544. The average molecular weight is 427 g/mol. The number of nitrogens with zero attached hydrogens (tertiary/aromatic N) is 2. The van der Waals surface area contributed by atoms with Gasteiger partial charge in [-0.25, -0.2) is 4.79 Å². The molecule has 154 valence electrons. The smallest absolute Gasteiger partial charge is 0.410 e. The van der Waals surface area contributed by atoms with Crippen molar-refractivity contribution >= 4 is 35.2 Å². The van der Waals surface area contributed by atoms with Gasteiger partial charge in [-0.15, -0.1) is 0 Å². The van der Waals surface area contributed by atoms with Crippen molar-refractivity contribution in [3.8, 4) is 0 Å². The fourth-order valence-electron chi connectivity index (χ4n) is 4.11. The van der Waals surface area contributed by atoms with Crippen molar-refractivity contribution in [3.05, 3.63) is 33.3 Å². The zero-order valence-corrected chi connectivity index (χ0v) is 18.4. The lowest BCUT2D eigenvalue weighted by molar-refractivity contribution is -0.139. The molecule has 1 fully saturated rings. The maximum Gasteiger partial charge on any atom is 0.410 e. The third-order valence-corrected chi connectivity index (χ3v) is 5.92. The summed E-state index contributed by atoms with van der Waals surface area (Å²) in [6.45, 7) is 9.21. The molecule has 2 heterocycles. The van der Waals surface area contributed by atoms with Crippen molar-refractivity contribution in [2.45, 2.75) is 58.6 Å². The first-order valence-corrected chi connectivity index (χ1v) is 10.6. The highest BCUT2D eigenvalue weighted by atomic mass is 35.5. The Kier molecular flexibility index (Phi) is 6.16. The Balaban J connectivity index is 1.72. The molecule has 7 heteroatoms. The summed E-state index contributed by atoms with van der Waals surface area (Å²) in [4.78, 5) is 29.2. The number of carbonyl (C=O) groups excluding carboxylic acids is 2. The molecule has 1 unspecified atom stereocenters. The number of likely N-dealkylation sites (tertiary alicyclic amines) is 1. The average Bonchev–Trinajstić information content (AvgIpc) is 2.59. The molecule has 0 N–H and O–H groups in total. The molecule has 5 nitrogen and oxygen atoms in total. The Hall–Kier alpha value is -1.46. The molecule has 0 aliphatic carbocycles. The van der Waals surface area contributed by atoms with Gasteiger partial charge in [0.2, 0.25) is 5.91 Å². The van der Waals surface area contributed by atoms with E-state index in [1.54, 1.807) is 11.0 Å². The Morgan fingerprint density at radius 3 is 2.57 bits per heavy atom. The molecule has 1 aromatic carbocycles. The van der Waals surface area contributed by atoms with Crippen molar-refractivity contribution in [3.63, 3.8) is 0 Å². The number of hydrogen-bond acceptors (Lipinski definition) is 3. The molecule has 2 amide bonds. The van der Waals surface area contributed by atoms with E-state index < -0.39 is 5.60 Å². The van der Waals surface area contributed by atoms with Gasteiger partial charge in [-0.1, -0.05) is 23.2 Å². The Morgan fingerprint density at radius 1 is 1.18 bits per heavy atom. The van der Waals surface area contributed by atoms with Gasteiger partial charge in [0.25, 0.3) is 0 Å². The van der Waals surface area contributed by atoms with E-state index in [4.69, 9.17) is 27.9 Å². The first kappa shape index (κ1) is 21.3. The van der Waals surface area contributed by atoms with Crippen molar-refractivity contribution < 1.29 is 14.3 Å². The van der Waals surface area contributed by atoms with E-state index in [1.807, 2.05) is 38.7 Å². The summed E-state index contributed by atoms with van der Waals surface area (Å²) in [6.07, 6.45) is 1.96. The largest absolute Gasteiger partial charge is 0.444 e. The predicted octanol–water partition coefficient (Wildman–Crippen LogP) is 5.09. The van der Waals surface area contributed by atoms with Crippen LogP contribution in [-0.2, 0) is 16.0 Å². The number of amides is 2. The van der Waals surface area contributed by atoms with E-state index in [1.165, 1.54) is 0 Å². The maximum absolute atomic E-state index is 13.3. The summed E-state index contributed by atoms with van der Waals surface area (Å²) in [7, 11) is 0. The van der Waals surface area contributed by atoms with Crippen LogP contribution < -0.4 is 0 Å². The normalized spacial score (nSPS) is 22.6. The first-order chi connectivity index (χ1) is 13.1. The Bertz CT molecular complexity index is 776. The minimum Gasteiger partial charge on any atom is -0.444 e. The summed E-state index contributed by atoms with van der Waals surface area (Å²) in [5, 5.41) is 1.22. The summed E-state index contributed by atoms with van der Waals surface area (Å²) in [5.74, 6) is -0.131. The monoisotopic (exact) mass is 426 g/mol. The fraction of sp³-hybridized carbons (Fsp3) is 0.619. The molecule has 0 saturated carbocycles. The SMILES string of the molecule is CC1c2c(Cl)cc(Cl)cc2CCN1C(=O)[C@@H]1CCCN(C(=O)OC(C)(C)C)C1. The molecule has 0 bridgehead atoms. The highest BCUT2D eigenvalue weighted by Crippen LogP contribution is 2.38. The first-order valence-electron chi connectivity index (χ1n) is 9.83. The molecule has 2 aliphatic rings. The second-order valence-corrected chi connectivity index (χ2v) is 9.53. The molecular weight excluding hydrogens is 399 g/mol. The number of piperidine rings is 1. The summed E-state index contributed by atoms with van der Waals surface area (Å²) < 4.78 is 5.48. The molecule has 2 aliphatic heterocycles. The number of rotatable bonds is 1. The standard InChI is InChI=1S/C21H28Cl2N2O3/c1-13-18-14(10-16(22)11-17(18)23)7-9-25(13)19(26)15-6-5-8-24(12-15)20(27)28-21(2,3)4/h10-11,13,15H,5-9,12H2,1-4H3/t13?,15-/m1/s1. The number of halogens is 2. The Labute approximate surface area is 176 Å². The quantitative estimate of drug-likeness (QED) is 0.628. The number of benzene rings is 1. The van der Waals surface area contributed by atoms with Crippen LogP contribution >= 0.6 is 23.2 Å². The van der Waals surface area contributed by atoms with E-state index in [0.717, 1.165) is 30.4 Å². The summed E-state index contributed by atoms with van der Waals surface area (Å²) >= 11 is 12.6. The molecule has 1 aromatic rings. The van der Waals surface area contributed by atoms with Gasteiger partial charge < -0.3 is 14.5 Å². The summed E-state index contributed by atoms with van der Waals surface area (Å²) in [6, 6.07) is 3.56. The second kappa shape index (κ2) is 8.11. The minimum absolute atomic E-state index is 0.0809. The number of hydrogen-bond donors (Lipinski definition) is 0. The van der Waals surface area contributed by atoms with Gasteiger partial charge in [-0.3, -0.25) is 4.79 Å². The van der Waals surface area contributed by atoms with E-state index in [-0.39, 0.29) is 24.0 Å². The third-order valence-electron chi connectivity index (χ3n) is 5.39. The van der Waals surface area contributed by atoms with Gasteiger partial charge in [-0.05, 0) is 70.2 Å². The third kappa shape index (κ3) is 4.57. The maximum atomic E-state index is 13.3. The second-order valence-electron chi connectivity index (χ2n) is 8.68. The molecule has 2 atom stereocenters. The molecule has 0 spiro atoms. The van der Waals surface area contributed by atoms with Crippen molar-refractivity contribution in [2.24, 2.45) is 5.92 Å². The van der Waals surface area contributed by atoms with Gasteiger partial charge >= 0.3 is 6.09 Å². The van der Waals surface area contributed by atoms with Crippen LogP contribution in [-0.4, -0.2) is 47.0 Å². The number of fused-ring (bicyclic) bond motifs is 1. The van der Waals surface area contributed by atoms with Crippen LogP contribution in [0.4, 0.5) is 4.79 Å². The zero-order valence-electron chi connectivity index (χ0n) is 16.9. The van der Waals surface area contributed by atoms with E-state index in [9.17, 15) is 9.59 Å². The van der Waals surface area contributed by atoms with Crippen LogP contribution in [0, 0.1) is 5.92 Å². The van der Waals surface area contributed by atoms with Crippen LogP contribution in [0.3, 0.4) is 0 Å². The highest BCUT2D eigenvalue weighted by Gasteiger charge is 2.37. The van der Waals surface area contributed by atoms with Crippen LogP contribution in [0.5, 0.6) is 0 Å². The van der Waals surface area contributed by atoms with Gasteiger partial charge in [0.15, 0.2) is 0 Å². The van der Waals surface area contributed by atoms with Crippen LogP contribution in [0.2, 0.25) is 10.0 Å². The number of ether oxygens (including phenoxy) is 1. The number of carbonyl (C=O) groups is 2. The van der Waals surface area contributed by atoms with Crippen LogP contribution in [0.25, 0.3) is 0 Å². The van der Waals surface area contributed by atoms with Crippen molar-refractivity contribution in [2.75, 3.05) is 19.6 Å². The van der Waals surface area contributed by atoms with Crippen LogP contribution in [0.1, 0.15) is 57.7 Å². The van der Waals surface area contributed by atoms with Gasteiger partial charge in [0, 0.05) is 29.7 Å². The lowest BCUT2D eigenvalue weighted by Gasteiger charge is -2.40. The fourth-order valence-corrected chi connectivity index (χ4v) is 4.80. The van der Waals surface area contributed by atoms with Gasteiger partial charge in [0.05, 0.1) is 12.0 Å². The molecular formula is C21H28Cl2N2O3. The molecule has 0 radical (unpaired) electrons. The van der Waals surface area contributed by atoms with E-state index in [2.05, 4.69) is 0 Å². The topological polar surface area (TPSA) is 49.9 Å². The highest BCUT2D eigenvalue weighted by molar-refractivity contribution is 6.35. The zero-order chi connectivity index (χ0) is 20.6. The molecule has 1 saturated heterocycles. The Morgan fingerprint density at radius 2 is 1.89 bits per heavy atom. The van der Waals surface area contributed by atoms with Crippen molar-refractivity contribution in [1.82, 2.24) is 9.80 Å². The van der Waals surface area contributed by atoms with Crippen LogP contribution in [0.15, 0.2) is 12.1 Å². The van der Waals surface area contributed by atoms with E-state index >= 15 is 0 Å². The van der Waals surface area contributed by atoms with E-state index in [0.29, 0.717) is 29.7 Å². The lowest BCUT2D eigenvalue weighted by Crippen LogP contribution is -2.49.